The van der Waals surface area contributed by atoms with Gasteiger partial charge in [0.05, 0.1) is 37.5 Å². The van der Waals surface area contributed by atoms with E-state index in [1.807, 2.05) is 41.6 Å². The normalized spacial score (nSPS) is 19.2. The lowest BCUT2D eigenvalue weighted by atomic mass is 9.95. The van der Waals surface area contributed by atoms with Crippen molar-refractivity contribution in [3.05, 3.63) is 81.6 Å². The first-order valence-corrected chi connectivity index (χ1v) is 11.8. The van der Waals surface area contributed by atoms with Gasteiger partial charge in [0.15, 0.2) is 0 Å². The monoisotopic (exact) mass is 476 g/mol. The zero-order valence-electron chi connectivity index (χ0n) is 18.9. The molecule has 0 aliphatic carbocycles. The first kappa shape index (κ1) is 22.0. The van der Waals surface area contributed by atoms with Gasteiger partial charge in [-0.25, -0.2) is 0 Å². The van der Waals surface area contributed by atoms with Gasteiger partial charge >= 0.3 is 0 Å². The fourth-order valence-electron chi connectivity index (χ4n) is 4.40. The number of aliphatic hydroxyl groups is 1. The van der Waals surface area contributed by atoms with Crippen LogP contribution in [0.15, 0.2) is 65.6 Å². The van der Waals surface area contributed by atoms with Crippen LogP contribution < -0.4 is 14.4 Å². The molecule has 1 saturated heterocycles. The van der Waals surface area contributed by atoms with Crippen molar-refractivity contribution < 1.29 is 24.2 Å². The van der Waals surface area contributed by atoms with Crippen LogP contribution in [0, 0.1) is 0 Å². The summed E-state index contributed by atoms with van der Waals surface area (Å²) in [5.41, 5.74) is 2.08. The van der Waals surface area contributed by atoms with Crippen LogP contribution in [-0.4, -0.2) is 49.0 Å². The molecule has 1 N–H and O–H groups in total. The number of carbonyl (C=O) groups is 2. The summed E-state index contributed by atoms with van der Waals surface area (Å²) in [6, 6.07) is 15.6. The summed E-state index contributed by atoms with van der Waals surface area (Å²) in [6.45, 7) is 1.57. The van der Waals surface area contributed by atoms with Crippen molar-refractivity contribution in [2.24, 2.45) is 0 Å². The number of aliphatic hydroxyl groups excluding tert-OH is 1. The number of ether oxygens (including phenoxy) is 2. The van der Waals surface area contributed by atoms with E-state index in [1.165, 1.54) is 16.2 Å². The van der Waals surface area contributed by atoms with E-state index in [-0.39, 0.29) is 17.9 Å². The molecule has 1 aromatic heterocycles. The fourth-order valence-corrected chi connectivity index (χ4v) is 5.10. The lowest BCUT2D eigenvalue weighted by Gasteiger charge is -2.28. The van der Waals surface area contributed by atoms with Gasteiger partial charge in [0, 0.05) is 17.5 Å². The number of ketones is 1. The third kappa shape index (κ3) is 3.80. The standard InChI is InChI=1S/C26H24N2O5S/c1-27-11-12-33-21-10-7-17(14-20(21)27)24(29)22-23(16-5-8-18(32-2)9-6-16)28(26(31)25(22)30)15-19-4-3-13-34-19/h3-10,13-14,23,29H,11-12,15H2,1-2H3/b24-22-. The molecule has 7 nitrogen and oxygen atoms in total. The molecule has 8 heteroatoms. The van der Waals surface area contributed by atoms with Crippen LogP contribution in [0.1, 0.15) is 22.0 Å². The molecule has 2 aliphatic rings. The molecule has 3 heterocycles. The van der Waals surface area contributed by atoms with Crippen LogP contribution in [0.25, 0.3) is 5.76 Å². The van der Waals surface area contributed by atoms with Gasteiger partial charge in [0.2, 0.25) is 0 Å². The van der Waals surface area contributed by atoms with Gasteiger partial charge in [-0.2, -0.15) is 0 Å². The first-order valence-electron chi connectivity index (χ1n) is 10.9. The molecule has 34 heavy (non-hydrogen) atoms. The van der Waals surface area contributed by atoms with E-state index in [0.29, 0.717) is 24.5 Å². The summed E-state index contributed by atoms with van der Waals surface area (Å²) >= 11 is 1.51. The lowest BCUT2D eigenvalue weighted by molar-refractivity contribution is -0.140. The quantitative estimate of drug-likeness (QED) is 0.338. The summed E-state index contributed by atoms with van der Waals surface area (Å²) in [4.78, 5) is 30.9. The second kappa shape index (κ2) is 8.87. The third-order valence-corrected chi connectivity index (χ3v) is 7.07. The number of amides is 1. The highest BCUT2D eigenvalue weighted by atomic mass is 32.1. The summed E-state index contributed by atoms with van der Waals surface area (Å²) in [5.74, 6) is -0.146. The van der Waals surface area contributed by atoms with Gasteiger partial charge < -0.3 is 24.4 Å². The minimum Gasteiger partial charge on any atom is -0.507 e. The molecule has 1 unspecified atom stereocenters. The Kier molecular flexibility index (Phi) is 5.75. The van der Waals surface area contributed by atoms with E-state index < -0.39 is 17.7 Å². The maximum absolute atomic E-state index is 13.3. The molecule has 2 aliphatic heterocycles. The molecule has 0 radical (unpaired) electrons. The predicted octanol–water partition coefficient (Wildman–Crippen LogP) is 4.21. The highest BCUT2D eigenvalue weighted by molar-refractivity contribution is 7.09. The summed E-state index contributed by atoms with van der Waals surface area (Å²) in [6.07, 6.45) is 0. The molecule has 1 fully saturated rings. The van der Waals surface area contributed by atoms with Crippen LogP contribution in [0.3, 0.4) is 0 Å². The molecular weight excluding hydrogens is 452 g/mol. The molecule has 1 atom stereocenters. The number of methoxy groups -OCH3 is 1. The molecule has 5 rings (SSSR count). The zero-order valence-corrected chi connectivity index (χ0v) is 19.7. The minimum absolute atomic E-state index is 0.0750. The number of benzene rings is 2. The average Bonchev–Trinajstić information content (AvgIpc) is 3.46. The van der Waals surface area contributed by atoms with Crippen LogP contribution >= 0.6 is 11.3 Å². The minimum atomic E-state index is -0.724. The van der Waals surface area contributed by atoms with Crippen LogP contribution in [0.2, 0.25) is 0 Å². The third-order valence-electron chi connectivity index (χ3n) is 6.21. The number of hydrogen-bond donors (Lipinski definition) is 1. The summed E-state index contributed by atoms with van der Waals surface area (Å²) in [7, 11) is 3.52. The van der Waals surface area contributed by atoms with Gasteiger partial charge in [-0.1, -0.05) is 18.2 Å². The van der Waals surface area contributed by atoms with Gasteiger partial charge in [-0.15, -0.1) is 11.3 Å². The number of rotatable bonds is 5. The van der Waals surface area contributed by atoms with Crippen molar-refractivity contribution in [1.82, 2.24) is 4.90 Å². The Balaban J connectivity index is 1.63. The van der Waals surface area contributed by atoms with Crippen molar-refractivity contribution in [3.63, 3.8) is 0 Å². The molecular formula is C26H24N2O5S. The number of anilines is 1. The molecule has 0 saturated carbocycles. The number of fused-ring (bicyclic) bond motifs is 1. The molecule has 174 valence electrons. The fraction of sp³-hybridized carbons (Fsp3) is 0.231. The number of Topliss-reactive ketones (excluding diaryl/α,β-unsaturated/α-hetero) is 1. The smallest absolute Gasteiger partial charge is 0.295 e. The van der Waals surface area contributed by atoms with Gasteiger partial charge in [0.25, 0.3) is 11.7 Å². The van der Waals surface area contributed by atoms with Crippen LogP contribution in [0.5, 0.6) is 11.5 Å². The Bertz CT molecular complexity index is 1270. The summed E-state index contributed by atoms with van der Waals surface area (Å²) < 4.78 is 11.0. The van der Waals surface area contributed by atoms with E-state index in [9.17, 15) is 14.7 Å². The SMILES string of the molecule is COc1ccc(C2/C(=C(/O)c3ccc4c(c3)N(C)CCO4)C(=O)C(=O)N2Cc2cccs2)cc1. The van der Waals surface area contributed by atoms with E-state index in [0.717, 1.165) is 21.9 Å². The van der Waals surface area contributed by atoms with E-state index in [1.54, 1.807) is 37.4 Å². The molecule has 1 amide bonds. The van der Waals surface area contributed by atoms with Crippen LogP contribution in [0.4, 0.5) is 5.69 Å². The molecule has 0 spiro atoms. The molecule has 2 aromatic carbocycles. The lowest BCUT2D eigenvalue weighted by Crippen LogP contribution is -2.29. The highest BCUT2D eigenvalue weighted by Crippen LogP contribution is 2.42. The Hall–Kier alpha value is -3.78. The Morgan fingerprint density at radius 1 is 1.18 bits per heavy atom. The van der Waals surface area contributed by atoms with E-state index in [4.69, 9.17) is 9.47 Å². The number of thiophene rings is 1. The Morgan fingerprint density at radius 2 is 1.97 bits per heavy atom. The molecule has 0 bridgehead atoms. The van der Waals surface area contributed by atoms with Crippen molar-refractivity contribution in [1.29, 1.82) is 0 Å². The Morgan fingerprint density at radius 3 is 2.68 bits per heavy atom. The highest BCUT2D eigenvalue weighted by Gasteiger charge is 2.46. The van der Waals surface area contributed by atoms with E-state index in [2.05, 4.69) is 0 Å². The predicted molar refractivity (Wildman–Crippen MR) is 130 cm³/mol. The summed E-state index contributed by atoms with van der Waals surface area (Å²) in [5, 5.41) is 13.3. The Labute approximate surface area is 201 Å². The first-order chi connectivity index (χ1) is 16.5. The van der Waals surface area contributed by atoms with Crippen molar-refractivity contribution >= 4 is 34.5 Å². The van der Waals surface area contributed by atoms with Gasteiger partial charge in [-0.3, -0.25) is 9.59 Å². The maximum atomic E-state index is 13.3. The van der Waals surface area contributed by atoms with Gasteiger partial charge in [-0.05, 0) is 47.3 Å². The van der Waals surface area contributed by atoms with Crippen molar-refractivity contribution in [2.45, 2.75) is 12.6 Å². The maximum Gasteiger partial charge on any atom is 0.295 e. The topological polar surface area (TPSA) is 79.3 Å². The van der Waals surface area contributed by atoms with E-state index >= 15 is 0 Å². The second-order valence-corrected chi connectivity index (χ2v) is 9.26. The van der Waals surface area contributed by atoms with Crippen LogP contribution in [-0.2, 0) is 16.1 Å². The number of hydrogen-bond acceptors (Lipinski definition) is 7. The number of nitrogens with zero attached hydrogens (tertiary/aromatic N) is 2. The number of likely N-dealkylation sites (N-methyl/N-ethyl adjacent to an activating group) is 1. The number of likely N-dealkylation sites (tertiary alicyclic amines) is 1. The number of carbonyl (C=O) groups excluding carboxylic acids is 2. The van der Waals surface area contributed by atoms with Crippen molar-refractivity contribution in [3.8, 4) is 11.5 Å². The van der Waals surface area contributed by atoms with Crippen molar-refractivity contribution in [2.75, 3.05) is 32.2 Å². The van der Waals surface area contributed by atoms with Gasteiger partial charge in [0.1, 0.15) is 23.9 Å². The average molecular weight is 477 g/mol. The molecule has 3 aromatic rings. The second-order valence-electron chi connectivity index (χ2n) is 8.23. The largest absolute Gasteiger partial charge is 0.507 e. The zero-order chi connectivity index (χ0) is 23.8.